The van der Waals surface area contributed by atoms with E-state index >= 15 is 0 Å². The molecule has 0 saturated heterocycles. The first-order valence-electron chi connectivity index (χ1n) is 7.04. The summed E-state index contributed by atoms with van der Waals surface area (Å²) in [5, 5.41) is 10.7. The van der Waals surface area contributed by atoms with Gasteiger partial charge >= 0.3 is 6.09 Å². The van der Waals surface area contributed by atoms with Crippen LogP contribution in [0.5, 0.6) is 11.5 Å². The maximum Gasteiger partial charge on any atom is 0.404 e. The highest BCUT2D eigenvalue weighted by Crippen LogP contribution is 2.24. The Labute approximate surface area is 133 Å². The van der Waals surface area contributed by atoms with Crippen molar-refractivity contribution in [2.45, 2.75) is 6.61 Å². The van der Waals surface area contributed by atoms with E-state index in [4.69, 9.17) is 14.6 Å². The number of ether oxygens (including phenoxy) is 2. The summed E-state index contributed by atoms with van der Waals surface area (Å²) in [7, 11) is 0. The first-order valence-corrected chi connectivity index (χ1v) is 7.04. The van der Waals surface area contributed by atoms with E-state index < -0.39 is 6.09 Å². The van der Waals surface area contributed by atoms with Crippen LogP contribution in [0.1, 0.15) is 15.9 Å². The maximum absolute atomic E-state index is 11.1. The molecule has 0 unspecified atom stereocenters. The molecule has 0 radical (unpaired) electrons. The lowest BCUT2D eigenvalue weighted by molar-refractivity contribution is 0.111. The minimum atomic E-state index is -1.10. The highest BCUT2D eigenvalue weighted by Gasteiger charge is 2.06. The molecule has 6 nitrogen and oxygen atoms in total. The Hall–Kier alpha value is -3.02. The van der Waals surface area contributed by atoms with Crippen LogP contribution in [-0.2, 0) is 6.61 Å². The Kier molecular flexibility index (Phi) is 5.99. The SMILES string of the molecule is O=Cc1ccc(OCCNC(=O)O)cc1OCc1ccccc1. The predicted octanol–water partition coefficient (Wildman–Crippen LogP) is 2.72. The maximum atomic E-state index is 11.1. The number of aldehydes is 1. The molecule has 0 aromatic heterocycles. The summed E-state index contributed by atoms with van der Waals surface area (Å²) in [6, 6.07) is 14.5. The van der Waals surface area contributed by atoms with Crippen LogP contribution in [0.3, 0.4) is 0 Å². The largest absolute Gasteiger partial charge is 0.492 e. The molecule has 0 fully saturated rings. The molecule has 0 aliphatic carbocycles. The fourth-order valence-electron chi connectivity index (χ4n) is 1.89. The van der Waals surface area contributed by atoms with Gasteiger partial charge in [-0.2, -0.15) is 0 Å². The average Bonchev–Trinajstić information content (AvgIpc) is 2.58. The monoisotopic (exact) mass is 315 g/mol. The molecule has 0 spiro atoms. The predicted molar refractivity (Wildman–Crippen MR) is 84.1 cm³/mol. The molecule has 0 atom stereocenters. The van der Waals surface area contributed by atoms with Crippen molar-refractivity contribution in [1.82, 2.24) is 5.32 Å². The van der Waals surface area contributed by atoms with E-state index in [0.717, 1.165) is 11.8 Å². The lowest BCUT2D eigenvalue weighted by Gasteiger charge is -2.11. The van der Waals surface area contributed by atoms with E-state index in [1.165, 1.54) is 0 Å². The number of amides is 1. The quantitative estimate of drug-likeness (QED) is 0.578. The first kappa shape index (κ1) is 16.4. The molecule has 0 heterocycles. The Morgan fingerprint density at radius 2 is 1.91 bits per heavy atom. The summed E-state index contributed by atoms with van der Waals surface area (Å²) >= 11 is 0. The smallest absolute Gasteiger partial charge is 0.404 e. The summed E-state index contributed by atoms with van der Waals surface area (Å²) < 4.78 is 11.1. The van der Waals surface area contributed by atoms with E-state index in [-0.39, 0.29) is 13.2 Å². The molecule has 2 rings (SSSR count). The Morgan fingerprint density at radius 3 is 2.61 bits per heavy atom. The van der Waals surface area contributed by atoms with E-state index in [0.29, 0.717) is 23.7 Å². The van der Waals surface area contributed by atoms with E-state index in [2.05, 4.69) is 5.32 Å². The molecule has 0 saturated carbocycles. The van der Waals surface area contributed by atoms with Gasteiger partial charge in [0, 0.05) is 6.07 Å². The number of hydrogen-bond donors (Lipinski definition) is 2. The van der Waals surface area contributed by atoms with Crippen LogP contribution >= 0.6 is 0 Å². The molecule has 23 heavy (non-hydrogen) atoms. The van der Waals surface area contributed by atoms with Gasteiger partial charge in [0.25, 0.3) is 0 Å². The zero-order valence-electron chi connectivity index (χ0n) is 12.4. The first-order chi connectivity index (χ1) is 11.2. The minimum Gasteiger partial charge on any atom is -0.492 e. The van der Waals surface area contributed by atoms with E-state index in [9.17, 15) is 9.59 Å². The highest BCUT2D eigenvalue weighted by atomic mass is 16.5. The molecule has 0 aliphatic heterocycles. The van der Waals surface area contributed by atoms with Crippen molar-refractivity contribution in [2.75, 3.05) is 13.2 Å². The molecule has 1 amide bonds. The van der Waals surface area contributed by atoms with Crippen molar-refractivity contribution in [3.63, 3.8) is 0 Å². The van der Waals surface area contributed by atoms with Crippen LogP contribution in [0.4, 0.5) is 4.79 Å². The third-order valence-electron chi connectivity index (χ3n) is 3.00. The Balaban J connectivity index is 1.97. The molecule has 6 heteroatoms. The van der Waals surface area contributed by atoms with Crippen molar-refractivity contribution in [3.8, 4) is 11.5 Å². The second-order valence-electron chi connectivity index (χ2n) is 4.67. The van der Waals surface area contributed by atoms with E-state index in [1.54, 1.807) is 18.2 Å². The molecular formula is C17H17NO5. The second kappa shape index (κ2) is 8.43. The summed E-state index contributed by atoms with van der Waals surface area (Å²) in [4.78, 5) is 21.4. The number of rotatable bonds is 8. The lowest BCUT2D eigenvalue weighted by Crippen LogP contribution is -2.26. The highest BCUT2D eigenvalue weighted by molar-refractivity contribution is 5.79. The summed E-state index contributed by atoms with van der Waals surface area (Å²) in [6.45, 7) is 0.696. The van der Waals surface area contributed by atoms with Gasteiger partial charge in [0.15, 0.2) is 6.29 Å². The molecular weight excluding hydrogens is 298 g/mol. The topological polar surface area (TPSA) is 84.9 Å². The molecule has 120 valence electrons. The number of carbonyl (C=O) groups excluding carboxylic acids is 1. The van der Waals surface area contributed by atoms with Crippen molar-refractivity contribution in [2.24, 2.45) is 0 Å². The summed E-state index contributed by atoms with van der Waals surface area (Å²) in [5.74, 6) is 0.929. The van der Waals surface area contributed by atoms with Crippen molar-refractivity contribution >= 4 is 12.4 Å². The van der Waals surface area contributed by atoms with Gasteiger partial charge in [0.2, 0.25) is 0 Å². The minimum absolute atomic E-state index is 0.172. The van der Waals surface area contributed by atoms with Crippen molar-refractivity contribution in [1.29, 1.82) is 0 Å². The zero-order valence-corrected chi connectivity index (χ0v) is 12.4. The normalized spacial score (nSPS) is 9.91. The lowest BCUT2D eigenvalue weighted by atomic mass is 10.2. The van der Waals surface area contributed by atoms with Gasteiger partial charge in [-0.3, -0.25) is 4.79 Å². The van der Waals surface area contributed by atoms with Crippen LogP contribution in [0, 0.1) is 0 Å². The van der Waals surface area contributed by atoms with Crippen LogP contribution in [0.25, 0.3) is 0 Å². The molecule has 0 aliphatic rings. The fourth-order valence-corrected chi connectivity index (χ4v) is 1.89. The molecule has 2 aromatic carbocycles. The second-order valence-corrected chi connectivity index (χ2v) is 4.67. The number of hydrogen-bond acceptors (Lipinski definition) is 4. The van der Waals surface area contributed by atoms with Gasteiger partial charge in [-0.1, -0.05) is 30.3 Å². The van der Waals surface area contributed by atoms with Gasteiger partial charge in [0.1, 0.15) is 24.7 Å². The number of benzene rings is 2. The van der Waals surface area contributed by atoms with Crippen LogP contribution in [0.2, 0.25) is 0 Å². The van der Waals surface area contributed by atoms with Gasteiger partial charge in [0.05, 0.1) is 12.1 Å². The number of carboxylic acid groups (broad SMARTS) is 1. The van der Waals surface area contributed by atoms with Crippen LogP contribution < -0.4 is 14.8 Å². The van der Waals surface area contributed by atoms with Gasteiger partial charge in [-0.05, 0) is 17.7 Å². The average molecular weight is 315 g/mol. The van der Waals surface area contributed by atoms with Crippen molar-refractivity contribution in [3.05, 3.63) is 59.7 Å². The van der Waals surface area contributed by atoms with E-state index in [1.807, 2.05) is 30.3 Å². The van der Waals surface area contributed by atoms with Gasteiger partial charge < -0.3 is 19.9 Å². The zero-order chi connectivity index (χ0) is 16.5. The van der Waals surface area contributed by atoms with Crippen LogP contribution in [0.15, 0.2) is 48.5 Å². The number of nitrogens with one attached hydrogen (secondary N) is 1. The van der Waals surface area contributed by atoms with Gasteiger partial charge in [-0.25, -0.2) is 4.79 Å². The molecule has 2 N–H and O–H groups in total. The molecule has 2 aromatic rings. The third kappa shape index (κ3) is 5.35. The van der Waals surface area contributed by atoms with Gasteiger partial charge in [-0.15, -0.1) is 0 Å². The van der Waals surface area contributed by atoms with Crippen LogP contribution in [-0.4, -0.2) is 30.6 Å². The third-order valence-corrected chi connectivity index (χ3v) is 3.00. The fraction of sp³-hybridized carbons (Fsp3) is 0.176. The Bertz CT molecular complexity index is 657. The van der Waals surface area contributed by atoms with Crippen molar-refractivity contribution < 1.29 is 24.2 Å². The Morgan fingerprint density at radius 1 is 1.13 bits per heavy atom. The molecule has 0 bridgehead atoms. The standard InChI is InChI=1S/C17H17NO5/c19-11-14-6-7-15(22-9-8-18-17(20)21)10-16(14)23-12-13-4-2-1-3-5-13/h1-7,10-11,18H,8-9,12H2,(H,20,21). The summed E-state index contributed by atoms with van der Waals surface area (Å²) in [5.41, 5.74) is 1.42. The summed E-state index contributed by atoms with van der Waals surface area (Å²) in [6.07, 6.45) is -0.382. The number of carbonyl (C=O) groups is 2.